The van der Waals surface area contributed by atoms with E-state index in [1.54, 1.807) is 7.05 Å². The van der Waals surface area contributed by atoms with E-state index in [1.807, 2.05) is 0 Å². The molecule has 1 aromatic carbocycles. The van der Waals surface area contributed by atoms with Crippen molar-refractivity contribution in [3.8, 4) is 0 Å². The van der Waals surface area contributed by atoms with Crippen LogP contribution >= 0.6 is 24.0 Å². The molecule has 1 N–H and O–H groups in total. The number of rotatable bonds is 5. The van der Waals surface area contributed by atoms with E-state index in [0.29, 0.717) is 13.2 Å². The lowest BCUT2D eigenvalue weighted by Crippen LogP contribution is -2.49. The fourth-order valence-corrected chi connectivity index (χ4v) is 5.42. The number of hydrogen-bond donors (Lipinski definition) is 1. The van der Waals surface area contributed by atoms with Gasteiger partial charge in [-0.2, -0.15) is 0 Å². The lowest BCUT2D eigenvalue weighted by Gasteiger charge is -2.36. The Balaban J connectivity index is 0.00000280. The van der Waals surface area contributed by atoms with Crippen molar-refractivity contribution in [3.05, 3.63) is 34.9 Å². The Morgan fingerprint density at radius 2 is 2.07 bits per heavy atom. The second kappa shape index (κ2) is 9.30. The van der Waals surface area contributed by atoms with Crippen LogP contribution in [0.25, 0.3) is 0 Å². The predicted octanol–water partition coefficient (Wildman–Crippen LogP) is 2.69. The Kier molecular flexibility index (Phi) is 7.77. The summed E-state index contributed by atoms with van der Waals surface area (Å²) >= 11 is 0. The molecule has 0 radical (unpaired) electrons. The van der Waals surface area contributed by atoms with E-state index in [2.05, 4.69) is 47.3 Å². The van der Waals surface area contributed by atoms with Gasteiger partial charge >= 0.3 is 0 Å². The van der Waals surface area contributed by atoms with Gasteiger partial charge in [0.15, 0.2) is 5.96 Å². The first-order valence-corrected chi connectivity index (χ1v) is 11.6. The zero-order valence-electron chi connectivity index (χ0n) is 17.2. The average molecular weight is 521 g/mol. The second-order valence-corrected chi connectivity index (χ2v) is 10.3. The fraction of sp³-hybridized carbons (Fsp3) is 0.650. The highest BCUT2D eigenvalue weighted by atomic mass is 127. The van der Waals surface area contributed by atoms with E-state index >= 15 is 0 Å². The van der Waals surface area contributed by atoms with Crippen LogP contribution in [-0.2, 0) is 14.6 Å². The van der Waals surface area contributed by atoms with Crippen LogP contribution in [0.1, 0.15) is 35.6 Å². The van der Waals surface area contributed by atoms with Crippen LogP contribution in [0.2, 0.25) is 0 Å². The quantitative estimate of drug-likeness (QED) is 0.367. The number of morpholine rings is 1. The number of halogens is 1. The minimum Gasteiger partial charge on any atom is -0.370 e. The molecule has 0 bridgehead atoms. The molecule has 2 aliphatic rings. The number of ether oxygens (including phenoxy) is 1. The van der Waals surface area contributed by atoms with Crippen LogP contribution in [0, 0.1) is 19.3 Å². The van der Waals surface area contributed by atoms with Crippen LogP contribution in [0.5, 0.6) is 0 Å². The van der Waals surface area contributed by atoms with E-state index in [9.17, 15) is 8.42 Å². The number of hydrogen-bond acceptors (Lipinski definition) is 4. The number of guanidine groups is 1. The first-order valence-electron chi connectivity index (χ1n) is 9.53. The van der Waals surface area contributed by atoms with Gasteiger partial charge in [0.25, 0.3) is 0 Å². The summed E-state index contributed by atoms with van der Waals surface area (Å²) in [5, 5.41) is 3.42. The molecular formula is C20H32IN3O3S. The van der Waals surface area contributed by atoms with E-state index < -0.39 is 9.84 Å². The molecule has 0 amide bonds. The van der Waals surface area contributed by atoms with Gasteiger partial charge in [0.05, 0.1) is 18.9 Å². The third-order valence-corrected chi connectivity index (χ3v) is 6.63. The summed E-state index contributed by atoms with van der Waals surface area (Å²) in [4.78, 5) is 6.64. The summed E-state index contributed by atoms with van der Waals surface area (Å²) < 4.78 is 29.4. The maximum atomic E-state index is 11.7. The number of aryl methyl sites for hydroxylation is 2. The lowest BCUT2D eigenvalue weighted by atomic mass is 10.00. The van der Waals surface area contributed by atoms with Gasteiger partial charge in [-0.25, -0.2) is 8.42 Å². The normalized spacial score (nSPS) is 21.8. The Bertz CT molecular complexity index is 822. The Morgan fingerprint density at radius 1 is 1.36 bits per heavy atom. The molecule has 0 aromatic heterocycles. The molecule has 28 heavy (non-hydrogen) atoms. The summed E-state index contributed by atoms with van der Waals surface area (Å²) in [7, 11) is -1.19. The van der Waals surface area contributed by atoms with Gasteiger partial charge < -0.3 is 15.0 Å². The molecule has 1 aromatic rings. The third-order valence-electron chi connectivity index (χ3n) is 5.50. The minimum absolute atomic E-state index is 0. The van der Waals surface area contributed by atoms with E-state index in [0.717, 1.165) is 31.9 Å². The zero-order chi connectivity index (χ0) is 19.7. The van der Waals surface area contributed by atoms with Gasteiger partial charge in [0.1, 0.15) is 15.9 Å². The number of sulfone groups is 1. The van der Waals surface area contributed by atoms with Gasteiger partial charge in [0.2, 0.25) is 0 Å². The molecule has 1 heterocycles. The van der Waals surface area contributed by atoms with Crippen LogP contribution in [0.4, 0.5) is 0 Å². The lowest BCUT2D eigenvalue weighted by molar-refractivity contribution is -0.00837. The largest absolute Gasteiger partial charge is 0.370 e. The van der Waals surface area contributed by atoms with Crippen molar-refractivity contribution >= 4 is 39.8 Å². The number of nitrogens with zero attached hydrogens (tertiary/aromatic N) is 2. The smallest absolute Gasteiger partial charge is 0.193 e. The van der Waals surface area contributed by atoms with Gasteiger partial charge in [-0.1, -0.05) is 23.8 Å². The van der Waals surface area contributed by atoms with Crippen molar-refractivity contribution in [1.29, 1.82) is 0 Å². The predicted molar refractivity (Wildman–Crippen MR) is 124 cm³/mol. The van der Waals surface area contributed by atoms with Crippen LogP contribution < -0.4 is 5.32 Å². The monoisotopic (exact) mass is 521 g/mol. The summed E-state index contributed by atoms with van der Waals surface area (Å²) in [6.45, 7) is 7.04. The molecule has 8 heteroatoms. The number of aliphatic imine (C=N–C) groups is 1. The highest BCUT2D eigenvalue weighted by Gasteiger charge is 2.45. The second-order valence-electron chi connectivity index (χ2n) is 8.14. The maximum absolute atomic E-state index is 11.7. The Labute approximate surface area is 186 Å². The molecule has 1 saturated carbocycles. The van der Waals surface area contributed by atoms with Crippen LogP contribution in [-0.4, -0.2) is 64.6 Å². The molecule has 1 atom stereocenters. The molecule has 158 valence electrons. The maximum Gasteiger partial charge on any atom is 0.193 e. The van der Waals surface area contributed by atoms with Crippen LogP contribution in [0.3, 0.4) is 0 Å². The highest BCUT2D eigenvalue weighted by Crippen LogP contribution is 2.46. The van der Waals surface area contributed by atoms with Gasteiger partial charge in [0, 0.05) is 31.8 Å². The molecule has 1 unspecified atom stereocenters. The van der Waals surface area contributed by atoms with E-state index in [4.69, 9.17) is 4.74 Å². The molecule has 2 fully saturated rings. The minimum atomic E-state index is -2.97. The zero-order valence-corrected chi connectivity index (χ0v) is 20.3. The Morgan fingerprint density at radius 3 is 2.64 bits per heavy atom. The summed E-state index contributed by atoms with van der Waals surface area (Å²) in [5.74, 6) is 1.08. The molecular weight excluding hydrogens is 489 g/mol. The third kappa shape index (κ3) is 6.06. The van der Waals surface area contributed by atoms with Gasteiger partial charge in [-0.05, 0) is 37.8 Å². The molecule has 6 nitrogen and oxygen atoms in total. The fourth-order valence-electron chi connectivity index (χ4n) is 3.92. The van der Waals surface area contributed by atoms with Crippen molar-refractivity contribution in [2.45, 2.75) is 32.8 Å². The van der Waals surface area contributed by atoms with Crippen molar-refractivity contribution in [2.24, 2.45) is 10.4 Å². The van der Waals surface area contributed by atoms with Crippen molar-refractivity contribution in [1.82, 2.24) is 10.2 Å². The summed E-state index contributed by atoms with van der Waals surface area (Å²) in [5.41, 5.74) is 3.59. The molecule has 1 aliphatic carbocycles. The molecule has 3 rings (SSSR count). The molecule has 0 spiro atoms. The van der Waals surface area contributed by atoms with E-state index in [1.165, 1.54) is 22.9 Å². The van der Waals surface area contributed by atoms with Crippen LogP contribution in [0.15, 0.2) is 23.2 Å². The topological polar surface area (TPSA) is 71.0 Å². The summed E-state index contributed by atoms with van der Waals surface area (Å²) in [6, 6.07) is 6.47. The van der Waals surface area contributed by atoms with E-state index in [-0.39, 0.29) is 41.2 Å². The first-order chi connectivity index (χ1) is 12.7. The molecule has 1 aliphatic heterocycles. The standard InChI is InChI=1S/C20H31N3O3S.HI/c1-15-5-6-17(16(2)11-15)18-12-23(9-10-26-18)19(21-3)22-13-20(7-8-20)14-27(4,24)25;/h5-6,11,18H,7-10,12-14H2,1-4H3,(H,21,22);1H. The molecule has 1 saturated heterocycles. The van der Waals surface area contributed by atoms with Crippen molar-refractivity contribution in [3.63, 3.8) is 0 Å². The average Bonchev–Trinajstić information content (AvgIpc) is 3.33. The van der Waals surface area contributed by atoms with Crippen molar-refractivity contribution < 1.29 is 13.2 Å². The van der Waals surface area contributed by atoms with Gasteiger partial charge in [-0.3, -0.25) is 4.99 Å². The van der Waals surface area contributed by atoms with Gasteiger partial charge in [-0.15, -0.1) is 24.0 Å². The SMILES string of the molecule is CN=C(NCC1(CS(C)(=O)=O)CC1)N1CCOC(c2ccc(C)cc2C)C1.I. The number of benzene rings is 1. The number of nitrogens with one attached hydrogen (secondary N) is 1. The van der Waals surface area contributed by atoms with Crippen molar-refractivity contribution in [2.75, 3.05) is 45.3 Å². The first kappa shape index (κ1) is 23.4. The summed E-state index contributed by atoms with van der Waals surface area (Å²) in [6.07, 6.45) is 3.25. The Hall–Kier alpha value is -0.870. The highest BCUT2D eigenvalue weighted by molar-refractivity contribution is 14.0.